The Morgan fingerprint density at radius 1 is 1.16 bits per heavy atom. The summed E-state index contributed by atoms with van der Waals surface area (Å²) in [5, 5.41) is 9.46. The van der Waals surface area contributed by atoms with Crippen LogP contribution in [0.1, 0.15) is 67.2 Å². The number of amides is 1. The molecule has 3 nitrogen and oxygen atoms in total. The van der Waals surface area contributed by atoms with E-state index in [1.165, 1.54) is 0 Å². The number of rotatable bonds is 8. The first kappa shape index (κ1) is 18.0. The summed E-state index contributed by atoms with van der Waals surface area (Å²) in [5.41, 5.74) is -0.836. The summed E-state index contributed by atoms with van der Waals surface area (Å²) in [6.45, 7) is 13.1. The molecule has 0 aromatic carbocycles. The molecule has 0 saturated heterocycles. The lowest BCUT2D eigenvalue weighted by atomic mass is 9.81. The molecule has 3 heteroatoms. The lowest BCUT2D eigenvalue weighted by Crippen LogP contribution is -2.49. The van der Waals surface area contributed by atoms with Gasteiger partial charge in [-0.15, -0.1) is 0 Å². The number of nitrogens with zero attached hydrogens (tertiary/aromatic N) is 2. The van der Waals surface area contributed by atoms with Gasteiger partial charge in [-0.2, -0.15) is 5.26 Å². The van der Waals surface area contributed by atoms with Crippen molar-refractivity contribution in [1.29, 1.82) is 5.26 Å². The molecular formula is C16H30N2O. The van der Waals surface area contributed by atoms with Gasteiger partial charge in [-0.3, -0.25) is 4.79 Å². The first-order valence-corrected chi connectivity index (χ1v) is 7.64. The monoisotopic (exact) mass is 266 g/mol. The van der Waals surface area contributed by atoms with E-state index >= 15 is 0 Å². The lowest BCUT2D eigenvalue weighted by Gasteiger charge is -2.37. The SMILES string of the molecule is CCC(CC)N(CC(C)C)C(=O)C(C#N)(CC)CC. The Kier molecular flexibility index (Phi) is 7.75. The van der Waals surface area contributed by atoms with Gasteiger partial charge in [0.1, 0.15) is 5.41 Å². The van der Waals surface area contributed by atoms with E-state index in [0.29, 0.717) is 18.8 Å². The van der Waals surface area contributed by atoms with E-state index in [2.05, 4.69) is 33.8 Å². The van der Waals surface area contributed by atoms with E-state index in [0.717, 1.165) is 19.4 Å². The summed E-state index contributed by atoms with van der Waals surface area (Å²) in [4.78, 5) is 14.8. The average molecular weight is 266 g/mol. The number of nitriles is 1. The van der Waals surface area contributed by atoms with Crippen LogP contribution >= 0.6 is 0 Å². The lowest BCUT2D eigenvalue weighted by molar-refractivity contribution is -0.142. The van der Waals surface area contributed by atoms with Crippen molar-refractivity contribution < 1.29 is 4.79 Å². The Morgan fingerprint density at radius 2 is 1.63 bits per heavy atom. The summed E-state index contributed by atoms with van der Waals surface area (Å²) >= 11 is 0. The molecule has 0 heterocycles. The van der Waals surface area contributed by atoms with Crippen molar-refractivity contribution in [2.75, 3.05) is 6.54 Å². The normalized spacial score (nSPS) is 11.7. The third-order valence-electron chi connectivity index (χ3n) is 4.04. The molecule has 0 aliphatic carbocycles. The number of carbonyl (C=O) groups excluding carboxylic acids is 1. The van der Waals surface area contributed by atoms with E-state index in [-0.39, 0.29) is 11.9 Å². The van der Waals surface area contributed by atoms with Crippen LogP contribution < -0.4 is 0 Å². The van der Waals surface area contributed by atoms with Crippen LogP contribution in [-0.4, -0.2) is 23.4 Å². The first-order valence-electron chi connectivity index (χ1n) is 7.64. The third-order valence-corrected chi connectivity index (χ3v) is 4.04. The summed E-state index contributed by atoms with van der Waals surface area (Å²) in [6, 6.07) is 2.53. The highest BCUT2D eigenvalue weighted by atomic mass is 16.2. The summed E-state index contributed by atoms with van der Waals surface area (Å²) in [7, 11) is 0. The zero-order valence-corrected chi connectivity index (χ0v) is 13.5. The van der Waals surface area contributed by atoms with E-state index in [9.17, 15) is 10.1 Å². The second kappa shape index (κ2) is 8.19. The molecule has 110 valence electrons. The Labute approximate surface area is 119 Å². The van der Waals surface area contributed by atoms with Gasteiger partial charge >= 0.3 is 0 Å². The van der Waals surface area contributed by atoms with E-state index in [1.807, 2.05) is 18.7 Å². The molecule has 0 fully saturated rings. The molecule has 0 spiro atoms. The van der Waals surface area contributed by atoms with Crippen LogP contribution in [0.2, 0.25) is 0 Å². The maximum atomic E-state index is 12.9. The van der Waals surface area contributed by atoms with E-state index in [4.69, 9.17) is 0 Å². The zero-order chi connectivity index (χ0) is 15.1. The van der Waals surface area contributed by atoms with Gasteiger partial charge in [-0.1, -0.05) is 41.5 Å². The van der Waals surface area contributed by atoms with Gasteiger partial charge in [0.2, 0.25) is 5.91 Å². The summed E-state index contributed by atoms with van der Waals surface area (Å²) in [6.07, 6.45) is 3.08. The summed E-state index contributed by atoms with van der Waals surface area (Å²) < 4.78 is 0. The largest absolute Gasteiger partial charge is 0.338 e. The second-order valence-electron chi connectivity index (χ2n) is 5.72. The number of hydrogen-bond acceptors (Lipinski definition) is 2. The first-order chi connectivity index (χ1) is 8.92. The fourth-order valence-corrected chi connectivity index (χ4v) is 2.55. The fraction of sp³-hybridized carbons (Fsp3) is 0.875. The fourth-order valence-electron chi connectivity index (χ4n) is 2.55. The molecule has 0 N–H and O–H groups in total. The van der Waals surface area contributed by atoms with Crippen molar-refractivity contribution >= 4 is 5.91 Å². The highest BCUT2D eigenvalue weighted by Crippen LogP contribution is 2.30. The van der Waals surface area contributed by atoms with Crippen molar-refractivity contribution in [3.63, 3.8) is 0 Å². The minimum absolute atomic E-state index is 0.0300. The molecule has 0 unspecified atom stereocenters. The quantitative estimate of drug-likeness (QED) is 0.666. The Bertz CT molecular complexity index is 309. The van der Waals surface area contributed by atoms with Gasteiger partial charge in [0, 0.05) is 12.6 Å². The minimum Gasteiger partial charge on any atom is -0.338 e. The second-order valence-corrected chi connectivity index (χ2v) is 5.72. The predicted octanol–water partition coefficient (Wildman–Crippen LogP) is 3.99. The molecule has 0 saturated carbocycles. The highest BCUT2D eigenvalue weighted by Gasteiger charge is 2.40. The molecule has 0 atom stereocenters. The summed E-state index contributed by atoms with van der Waals surface area (Å²) in [5.74, 6) is 0.456. The van der Waals surface area contributed by atoms with Crippen molar-refractivity contribution in [2.45, 2.75) is 73.3 Å². The third kappa shape index (κ3) is 4.23. The zero-order valence-electron chi connectivity index (χ0n) is 13.5. The van der Waals surface area contributed by atoms with Crippen LogP contribution in [0.3, 0.4) is 0 Å². The van der Waals surface area contributed by atoms with Gasteiger partial charge in [-0.05, 0) is 31.6 Å². The van der Waals surface area contributed by atoms with E-state index < -0.39 is 5.41 Å². The van der Waals surface area contributed by atoms with Crippen LogP contribution in [0, 0.1) is 22.7 Å². The molecule has 1 amide bonds. The molecule has 0 aromatic heterocycles. The highest BCUT2D eigenvalue weighted by molar-refractivity contribution is 5.85. The van der Waals surface area contributed by atoms with Gasteiger partial charge in [0.25, 0.3) is 0 Å². The van der Waals surface area contributed by atoms with Crippen molar-refractivity contribution in [2.24, 2.45) is 11.3 Å². The molecular weight excluding hydrogens is 236 g/mol. The van der Waals surface area contributed by atoms with Gasteiger partial charge in [-0.25, -0.2) is 0 Å². The average Bonchev–Trinajstić information content (AvgIpc) is 2.41. The minimum atomic E-state index is -0.836. The molecule has 0 radical (unpaired) electrons. The molecule has 0 bridgehead atoms. The standard InChI is InChI=1S/C16H30N2O/c1-7-14(8-2)18(11-13(5)6)15(19)16(9-3,10-4)12-17/h13-14H,7-11H2,1-6H3. The predicted molar refractivity (Wildman–Crippen MR) is 79.5 cm³/mol. The smallest absolute Gasteiger partial charge is 0.243 e. The Hall–Kier alpha value is -1.04. The van der Waals surface area contributed by atoms with Crippen LogP contribution in [-0.2, 0) is 4.79 Å². The molecule has 0 aliphatic rings. The molecule has 19 heavy (non-hydrogen) atoms. The Balaban J connectivity index is 5.36. The molecule has 0 rings (SSSR count). The van der Waals surface area contributed by atoms with Crippen LogP contribution in [0.15, 0.2) is 0 Å². The van der Waals surface area contributed by atoms with Gasteiger partial charge in [0.05, 0.1) is 6.07 Å². The number of hydrogen-bond donors (Lipinski definition) is 0. The molecule has 0 aliphatic heterocycles. The maximum Gasteiger partial charge on any atom is 0.243 e. The van der Waals surface area contributed by atoms with Crippen molar-refractivity contribution in [3.8, 4) is 6.07 Å². The van der Waals surface area contributed by atoms with E-state index in [1.54, 1.807) is 0 Å². The maximum absolute atomic E-state index is 12.9. The molecule has 0 aromatic rings. The topological polar surface area (TPSA) is 44.1 Å². The van der Waals surface area contributed by atoms with Crippen LogP contribution in [0.4, 0.5) is 0 Å². The number of carbonyl (C=O) groups is 1. The van der Waals surface area contributed by atoms with Crippen LogP contribution in [0.25, 0.3) is 0 Å². The van der Waals surface area contributed by atoms with Gasteiger partial charge in [0.15, 0.2) is 0 Å². The van der Waals surface area contributed by atoms with Crippen molar-refractivity contribution in [1.82, 2.24) is 4.90 Å². The van der Waals surface area contributed by atoms with Gasteiger partial charge < -0.3 is 4.90 Å². The van der Waals surface area contributed by atoms with Crippen molar-refractivity contribution in [3.05, 3.63) is 0 Å². The van der Waals surface area contributed by atoms with Crippen LogP contribution in [0.5, 0.6) is 0 Å². The Morgan fingerprint density at radius 3 is 1.89 bits per heavy atom.